The number of amides is 1. The molecule has 0 aromatic heterocycles. The number of hydrogen-bond acceptors (Lipinski definition) is 3. The minimum absolute atomic E-state index is 0.0483. The Morgan fingerprint density at radius 1 is 1.35 bits per heavy atom. The molecule has 1 saturated carbocycles. The predicted molar refractivity (Wildman–Crippen MR) is 80.5 cm³/mol. The van der Waals surface area contributed by atoms with Gasteiger partial charge in [-0.25, -0.2) is 0 Å². The number of ether oxygens (including phenoxy) is 1. The lowest BCUT2D eigenvalue weighted by molar-refractivity contribution is -0.128. The normalized spacial score (nSPS) is 22.9. The lowest BCUT2D eigenvalue weighted by Crippen LogP contribution is -2.48. The second kappa shape index (κ2) is 5.05. The van der Waals surface area contributed by atoms with Gasteiger partial charge in [0.25, 0.3) is 0 Å². The van der Waals surface area contributed by atoms with Gasteiger partial charge >= 0.3 is 0 Å². The van der Waals surface area contributed by atoms with Gasteiger partial charge in [-0.2, -0.15) is 0 Å². The Morgan fingerprint density at radius 3 is 2.75 bits per heavy atom. The van der Waals surface area contributed by atoms with Crippen LogP contribution < -0.4 is 15.8 Å². The number of rotatable bonds is 3. The van der Waals surface area contributed by atoms with Crippen LogP contribution in [0.25, 0.3) is 0 Å². The molecule has 106 valence electrons. The first-order valence-electron chi connectivity index (χ1n) is 6.96. The molecule has 20 heavy (non-hydrogen) atoms. The van der Waals surface area contributed by atoms with Crippen molar-refractivity contribution in [1.82, 2.24) is 5.32 Å². The predicted octanol–water partition coefficient (Wildman–Crippen LogP) is 2.08. The summed E-state index contributed by atoms with van der Waals surface area (Å²) < 4.78 is 5.59. The van der Waals surface area contributed by atoms with Crippen molar-refractivity contribution in [3.8, 4) is 5.75 Å². The molecule has 1 atom stereocenters. The Bertz CT molecular complexity index is 553. The number of para-hydroxylation sites is 1. The maximum absolute atomic E-state index is 12.6. The number of hydrogen-bond donors (Lipinski definition) is 2. The summed E-state index contributed by atoms with van der Waals surface area (Å²) in [4.78, 5) is 13.0. The van der Waals surface area contributed by atoms with E-state index in [-0.39, 0.29) is 11.9 Å². The van der Waals surface area contributed by atoms with Gasteiger partial charge in [0, 0.05) is 5.56 Å². The maximum atomic E-state index is 12.6. The SMILES string of the molecule is NC(=S)C1(C(=O)NC2COc3ccccc32)CCCC1. The van der Waals surface area contributed by atoms with Crippen molar-refractivity contribution >= 4 is 23.1 Å². The summed E-state index contributed by atoms with van der Waals surface area (Å²) in [6.07, 6.45) is 3.51. The number of fused-ring (bicyclic) bond motifs is 1. The van der Waals surface area contributed by atoms with Gasteiger partial charge in [0.15, 0.2) is 0 Å². The van der Waals surface area contributed by atoms with Crippen LogP contribution in [0, 0.1) is 5.41 Å². The van der Waals surface area contributed by atoms with Gasteiger partial charge in [-0.1, -0.05) is 43.3 Å². The molecule has 5 heteroatoms. The maximum Gasteiger partial charge on any atom is 0.233 e. The average molecular weight is 290 g/mol. The fourth-order valence-corrected chi connectivity index (χ4v) is 3.44. The zero-order valence-electron chi connectivity index (χ0n) is 11.2. The highest BCUT2D eigenvalue weighted by molar-refractivity contribution is 7.80. The number of benzene rings is 1. The number of nitrogens with one attached hydrogen (secondary N) is 1. The molecule has 0 saturated heterocycles. The second-order valence-corrected chi connectivity index (χ2v) is 5.97. The summed E-state index contributed by atoms with van der Waals surface area (Å²) in [7, 11) is 0. The first kappa shape index (κ1) is 13.4. The van der Waals surface area contributed by atoms with Crippen LogP contribution in [0.1, 0.15) is 37.3 Å². The molecule has 1 fully saturated rings. The van der Waals surface area contributed by atoms with Crippen LogP contribution in [0.15, 0.2) is 24.3 Å². The molecule has 0 bridgehead atoms. The fraction of sp³-hybridized carbons (Fsp3) is 0.467. The quantitative estimate of drug-likeness (QED) is 0.837. The van der Waals surface area contributed by atoms with Crippen molar-refractivity contribution in [3.05, 3.63) is 29.8 Å². The van der Waals surface area contributed by atoms with Crippen molar-refractivity contribution in [2.45, 2.75) is 31.7 Å². The highest BCUT2D eigenvalue weighted by Gasteiger charge is 2.45. The molecule has 1 amide bonds. The van der Waals surface area contributed by atoms with Crippen LogP contribution in [0.2, 0.25) is 0 Å². The minimum atomic E-state index is -0.660. The molecular weight excluding hydrogens is 272 g/mol. The van der Waals surface area contributed by atoms with E-state index in [2.05, 4.69) is 5.32 Å². The van der Waals surface area contributed by atoms with Gasteiger partial charge in [0.05, 0.1) is 16.4 Å². The van der Waals surface area contributed by atoms with E-state index in [0.29, 0.717) is 11.6 Å². The second-order valence-electron chi connectivity index (χ2n) is 5.53. The van der Waals surface area contributed by atoms with Gasteiger partial charge in [-0.3, -0.25) is 4.79 Å². The molecule has 1 aliphatic heterocycles. The summed E-state index contributed by atoms with van der Waals surface area (Å²) in [5.74, 6) is 0.793. The monoisotopic (exact) mass is 290 g/mol. The third kappa shape index (κ3) is 2.06. The summed E-state index contributed by atoms with van der Waals surface area (Å²) in [6.45, 7) is 0.471. The van der Waals surface area contributed by atoms with Crippen molar-refractivity contribution in [1.29, 1.82) is 0 Å². The van der Waals surface area contributed by atoms with Crippen LogP contribution in [0.5, 0.6) is 5.75 Å². The Hall–Kier alpha value is -1.62. The molecule has 1 aliphatic carbocycles. The van der Waals surface area contributed by atoms with E-state index in [1.54, 1.807) is 0 Å². The van der Waals surface area contributed by atoms with Crippen molar-refractivity contribution < 1.29 is 9.53 Å². The fourth-order valence-electron chi connectivity index (χ4n) is 3.14. The molecule has 2 aliphatic rings. The Labute approximate surface area is 123 Å². The van der Waals surface area contributed by atoms with E-state index >= 15 is 0 Å². The number of thiocarbonyl (C=S) groups is 1. The highest BCUT2D eigenvalue weighted by Crippen LogP contribution is 2.40. The van der Waals surface area contributed by atoms with Crippen molar-refractivity contribution in [2.24, 2.45) is 11.1 Å². The van der Waals surface area contributed by atoms with Crippen LogP contribution in [-0.4, -0.2) is 17.5 Å². The average Bonchev–Trinajstić information content (AvgIpc) is 3.07. The molecule has 4 nitrogen and oxygen atoms in total. The van der Waals surface area contributed by atoms with Gasteiger partial charge in [-0.05, 0) is 18.9 Å². The molecule has 3 rings (SSSR count). The largest absolute Gasteiger partial charge is 0.491 e. The zero-order chi connectivity index (χ0) is 14.2. The number of nitrogens with two attached hydrogens (primary N) is 1. The van der Waals surface area contributed by atoms with Crippen molar-refractivity contribution in [2.75, 3.05) is 6.61 Å². The first-order valence-corrected chi connectivity index (χ1v) is 7.37. The summed E-state index contributed by atoms with van der Waals surface area (Å²) >= 11 is 5.15. The van der Waals surface area contributed by atoms with E-state index < -0.39 is 5.41 Å². The van der Waals surface area contributed by atoms with E-state index in [9.17, 15) is 4.79 Å². The lowest BCUT2D eigenvalue weighted by atomic mass is 9.84. The number of carbonyl (C=O) groups is 1. The smallest absolute Gasteiger partial charge is 0.233 e. The van der Waals surface area contributed by atoms with E-state index in [4.69, 9.17) is 22.7 Å². The number of carbonyl (C=O) groups excluding carboxylic acids is 1. The lowest BCUT2D eigenvalue weighted by Gasteiger charge is -2.27. The van der Waals surface area contributed by atoms with Crippen LogP contribution in [-0.2, 0) is 4.79 Å². The van der Waals surface area contributed by atoms with Crippen LogP contribution in [0.4, 0.5) is 0 Å². The summed E-state index contributed by atoms with van der Waals surface area (Å²) in [5, 5.41) is 3.07. The molecule has 3 N–H and O–H groups in total. The molecule has 0 radical (unpaired) electrons. The van der Waals surface area contributed by atoms with Crippen molar-refractivity contribution in [3.63, 3.8) is 0 Å². The molecular formula is C15H18N2O2S. The van der Waals surface area contributed by atoms with Gasteiger partial charge < -0.3 is 15.8 Å². The van der Waals surface area contributed by atoms with Gasteiger partial charge in [0.2, 0.25) is 5.91 Å². The van der Waals surface area contributed by atoms with Crippen LogP contribution >= 0.6 is 12.2 Å². The highest BCUT2D eigenvalue weighted by atomic mass is 32.1. The third-order valence-corrected chi connectivity index (χ3v) is 4.76. The van der Waals surface area contributed by atoms with E-state index in [1.807, 2.05) is 24.3 Å². The molecule has 1 unspecified atom stereocenters. The molecule has 0 spiro atoms. The first-order chi connectivity index (χ1) is 9.63. The van der Waals surface area contributed by atoms with E-state index in [1.165, 1.54) is 0 Å². The Balaban J connectivity index is 1.79. The summed E-state index contributed by atoms with van der Waals surface area (Å²) in [6, 6.07) is 7.67. The standard InChI is InChI=1S/C15H18N2O2S/c16-13(20)15(7-3-4-8-15)14(18)17-11-9-19-12-6-2-1-5-10(11)12/h1-2,5-6,11H,3-4,7-9H2,(H2,16,20)(H,17,18). The minimum Gasteiger partial charge on any atom is -0.491 e. The van der Waals surface area contributed by atoms with E-state index in [0.717, 1.165) is 37.0 Å². The Kier molecular flexibility index (Phi) is 3.38. The van der Waals surface area contributed by atoms with Crippen LogP contribution in [0.3, 0.4) is 0 Å². The third-order valence-electron chi connectivity index (χ3n) is 4.37. The van der Waals surface area contributed by atoms with Gasteiger partial charge in [0.1, 0.15) is 12.4 Å². The van der Waals surface area contributed by atoms with Gasteiger partial charge in [-0.15, -0.1) is 0 Å². The summed E-state index contributed by atoms with van der Waals surface area (Å²) in [5.41, 5.74) is 6.21. The zero-order valence-corrected chi connectivity index (χ0v) is 12.0. The molecule has 1 heterocycles. The topological polar surface area (TPSA) is 64.4 Å². The Morgan fingerprint density at radius 2 is 2.05 bits per heavy atom. The molecule has 1 aromatic carbocycles. The molecule has 1 aromatic rings.